The van der Waals surface area contributed by atoms with E-state index in [4.69, 9.17) is 23.2 Å². The van der Waals surface area contributed by atoms with Crippen molar-refractivity contribution in [1.29, 1.82) is 0 Å². The first-order chi connectivity index (χ1) is 12.3. The van der Waals surface area contributed by atoms with Crippen LogP contribution in [0.2, 0.25) is 10.0 Å². The maximum Gasteiger partial charge on any atom is 0.242 e. The maximum absolute atomic E-state index is 12.3. The van der Waals surface area contributed by atoms with Gasteiger partial charge in [0.1, 0.15) is 6.04 Å². The van der Waals surface area contributed by atoms with E-state index in [1.807, 2.05) is 0 Å². The summed E-state index contributed by atoms with van der Waals surface area (Å²) in [7, 11) is 1.55. The number of carbonyl (C=O) groups excluding carboxylic acids is 3. The van der Waals surface area contributed by atoms with Gasteiger partial charge in [-0.2, -0.15) is 0 Å². The third kappa shape index (κ3) is 5.28. The predicted octanol–water partition coefficient (Wildman–Crippen LogP) is 2.33. The van der Waals surface area contributed by atoms with Gasteiger partial charge in [0.2, 0.25) is 17.7 Å². The highest BCUT2D eigenvalue weighted by Crippen LogP contribution is 2.32. The fourth-order valence-corrected chi connectivity index (χ4v) is 4.16. The topological polar surface area (TPSA) is 78.5 Å². The van der Waals surface area contributed by atoms with Crippen molar-refractivity contribution in [2.45, 2.75) is 36.0 Å². The molecule has 0 spiro atoms. The number of carbonyl (C=O) groups is 3. The van der Waals surface area contributed by atoms with Crippen molar-refractivity contribution in [1.82, 2.24) is 15.5 Å². The Hall–Kier alpha value is -1.44. The van der Waals surface area contributed by atoms with E-state index in [2.05, 4.69) is 10.6 Å². The van der Waals surface area contributed by atoms with Crippen LogP contribution in [0.15, 0.2) is 23.1 Å². The second kappa shape index (κ2) is 9.48. The van der Waals surface area contributed by atoms with E-state index in [1.54, 1.807) is 32.2 Å². The molecule has 6 nitrogen and oxygen atoms in total. The molecule has 1 fully saturated rings. The first kappa shape index (κ1) is 20.9. The van der Waals surface area contributed by atoms with Gasteiger partial charge >= 0.3 is 0 Å². The number of halogens is 2. The molecule has 2 atom stereocenters. The van der Waals surface area contributed by atoms with Gasteiger partial charge in [0.05, 0.1) is 16.8 Å². The molecule has 1 saturated heterocycles. The largest absolute Gasteiger partial charge is 0.357 e. The van der Waals surface area contributed by atoms with Crippen molar-refractivity contribution in [3.05, 3.63) is 28.2 Å². The highest BCUT2D eigenvalue weighted by molar-refractivity contribution is 8.00. The highest BCUT2D eigenvalue weighted by atomic mass is 35.5. The zero-order chi connectivity index (χ0) is 19.3. The minimum absolute atomic E-state index is 0.138. The predicted molar refractivity (Wildman–Crippen MR) is 104 cm³/mol. The SMILES string of the molecule is CNC(=O)C1CCCN1C(=O)CNC(=O)C(C)Sc1cc(Cl)ccc1Cl. The molecule has 1 heterocycles. The van der Waals surface area contributed by atoms with E-state index < -0.39 is 11.3 Å². The minimum atomic E-state index is -0.457. The van der Waals surface area contributed by atoms with E-state index in [9.17, 15) is 14.4 Å². The maximum atomic E-state index is 12.3. The number of likely N-dealkylation sites (N-methyl/N-ethyl adjacent to an activating group) is 1. The zero-order valence-corrected chi connectivity index (χ0v) is 16.9. The molecule has 0 radical (unpaired) electrons. The Balaban J connectivity index is 1.88. The van der Waals surface area contributed by atoms with Crippen molar-refractivity contribution in [2.75, 3.05) is 20.1 Å². The first-order valence-corrected chi connectivity index (χ1v) is 9.87. The zero-order valence-electron chi connectivity index (χ0n) is 14.6. The molecule has 0 aromatic heterocycles. The summed E-state index contributed by atoms with van der Waals surface area (Å²) in [6.45, 7) is 2.11. The summed E-state index contributed by atoms with van der Waals surface area (Å²) >= 11 is 13.3. The molecule has 0 aliphatic carbocycles. The van der Waals surface area contributed by atoms with Crippen LogP contribution < -0.4 is 10.6 Å². The van der Waals surface area contributed by atoms with Gasteiger partial charge in [0.25, 0.3) is 0 Å². The molecule has 1 aromatic carbocycles. The normalized spacial score (nSPS) is 17.7. The monoisotopic (exact) mass is 417 g/mol. The smallest absolute Gasteiger partial charge is 0.242 e. The lowest BCUT2D eigenvalue weighted by Gasteiger charge is -2.23. The van der Waals surface area contributed by atoms with Crippen LogP contribution in [0.3, 0.4) is 0 Å². The Morgan fingerprint density at radius 2 is 2.08 bits per heavy atom. The van der Waals surface area contributed by atoms with Crippen molar-refractivity contribution in [3.8, 4) is 0 Å². The van der Waals surface area contributed by atoms with Crippen LogP contribution in [0, 0.1) is 0 Å². The van der Waals surface area contributed by atoms with Crippen molar-refractivity contribution in [2.24, 2.45) is 0 Å². The van der Waals surface area contributed by atoms with Gasteiger partial charge in [-0.3, -0.25) is 14.4 Å². The molecule has 26 heavy (non-hydrogen) atoms. The van der Waals surface area contributed by atoms with Crippen LogP contribution in [0.1, 0.15) is 19.8 Å². The van der Waals surface area contributed by atoms with Gasteiger partial charge in [-0.25, -0.2) is 0 Å². The number of nitrogens with one attached hydrogen (secondary N) is 2. The molecule has 9 heteroatoms. The summed E-state index contributed by atoms with van der Waals surface area (Å²) in [5.74, 6) is -0.723. The van der Waals surface area contributed by atoms with Crippen LogP contribution in [-0.2, 0) is 14.4 Å². The molecular weight excluding hydrogens is 397 g/mol. The Morgan fingerprint density at radius 1 is 1.35 bits per heavy atom. The fourth-order valence-electron chi connectivity index (χ4n) is 2.72. The van der Waals surface area contributed by atoms with E-state index in [1.165, 1.54) is 16.7 Å². The molecule has 142 valence electrons. The summed E-state index contributed by atoms with van der Waals surface area (Å²) in [5.41, 5.74) is 0. The average molecular weight is 418 g/mol. The van der Waals surface area contributed by atoms with Crippen LogP contribution in [0.25, 0.3) is 0 Å². The van der Waals surface area contributed by atoms with Crippen molar-refractivity contribution in [3.63, 3.8) is 0 Å². The summed E-state index contributed by atoms with van der Waals surface area (Å²) in [4.78, 5) is 38.7. The van der Waals surface area contributed by atoms with Crippen molar-refractivity contribution < 1.29 is 14.4 Å². The first-order valence-electron chi connectivity index (χ1n) is 8.24. The molecule has 1 aliphatic heterocycles. The molecule has 2 N–H and O–H groups in total. The minimum Gasteiger partial charge on any atom is -0.357 e. The van der Waals surface area contributed by atoms with E-state index in [0.717, 1.165) is 6.42 Å². The number of hydrogen-bond acceptors (Lipinski definition) is 4. The van der Waals surface area contributed by atoms with Gasteiger partial charge in [0, 0.05) is 23.5 Å². The fraction of sp³-hybridized carbons (Fsp3) is 0.471. The molecule has 2 unspecified atom stereocenters. The number of amides is 3. The van der Waals surface area contributed by atoms with Gasteiger partial charge < -0.3 is 15.5 Å². The Labute approximate surface area is 167 Å². The van der Waals surface area contributed by atoms with Gasteiger partial charge in [-0.1, -0.05) is 23.2 Å². The summed E-state index contributed by atoms with van der Waals surface area (Å²) in [5, 5.41) is 5.80. The molecule has 2 rings (SSSR count). The Morgan fingerprint density at radius 3 is 2.77 bits per heavy atom. The van der Waals surface area contributed by atoms with Crippen LogP contribution in [0.4, 0.5) is 0 Å². The standard InChI is InChI=1S/C17H21Cl2N3O3S/c1-10(26-14-8-11(18)5-6-12(14)19)16(24)21-9-15(23)22-7-3-4-13(22)17(25)20-2/h5-6,8,10,13H,3-4,7,9H2,1-2H3,(H,20,25)(H,21,24). The third-order valence-corrected chi connectivity index (χ3v) is 5.94. The quantitative estimate of drug-likeness (QED) is 0.696. The van der Waals surface area contributed by atoms with Crippen LogP contribution in [-0.4, -0.2) is 54.1 Å². The van der Waals surface area contributed by atoms with Gasteiger partial charge in [-0.05, 0) is 38.0 Å². The number of nitrogens with zero attached hydrogens (tertiary/aromatic N) is 1. The van der Waals surface area contributed by atoms with Crippen molar-refractivity contribution >= 4 is 52.7 Å². The van der Waals surface area contributed by atoms with Gasteiger partial charge in [0.15, 0.2) is 0 Å². The number of benzene rings is 1. The molecule has 0 bridgehead atoms. The molecular formula is C17H21Cl2N3O3S. The number of hydrogen-bond donors (Lipinski definition) is 2. The average Bonchev–Trinajstić information content (AvgIpc) is 3.11. The number of rotatable bonds is 6. The number of thioether (sulfide) groups is 1. The van der Waals surface area contributed by atoms with E-state index >= 15 is 0 Å². The van der Waals surface area contributed by atoms with Crippen LogP contribution >= 0.6 is 35.0 Å². The summed E-state index contributed by atoms with van der Waals surface area (Å²) < 4.78 is 0. The summed E-state index contributed by atoms with van der Waals surface area (Å²) in [6.07, 6.45) is 1.41. The van der Waals surface area contributed by atoms with Crippen LogP contribution in [0.5, 0.6) is 0 Å². The second-order valence-corrected chi connectivity index (χ2v) is 8.14. The Bertz CT molecular complexity index is 702. The lowest BCUT2D eigenvalue weighted by Crippen LogP contribution is -2.48. The Kier molecular flexibility index (Phi) is 7.61. The molecule has 3 amide bonds. The lowest BCUT2D eigenvalue weighted by molar-refractivity contribution is -0.138. The number of likely N-dealkylation sites (tertiary alicyclic amines) is 1. The molecule has 1 aliphatic rings. The second-order valence-electron chi connectivity index (χ2n) is 5.91. The molecule has 1 aromatic rings. The highest BCUT2D eigenvalue weighted by Gasteiger charge is 2.33. The van der Waals surface area contributed by atoms with Gasteiger partial charge in [-0.15, -0.1) is 11.8 Å². The summed E-state index contributed by atoms with van der Waals surface area (Å²) in [6, 6.07) is 4.59. The third-order valence-electron chi connectivity index (χ3n) is 4.10. The lowest BCUT2D eigenvalue weighted by atomic mass is 10.2. The molecule has 0 saturated carbocycles. The van der Waals surface area contributed by atoms with E-state index in [0.29, 0.717) is 27.9 Å². The van der Waals surface area contributed by atoms with E-state index in [-0.39, 0.29) is 24.3 Å².